The number of aryl methyl sites for hydroxylation is 1. The normalized spacial score (nSPS) is 22.3. The Morgan fingerprint density at radius 3 is 2.57 bits per heavy atom. The SMILES string of the molecule is CCN(CC)CCOC(=O)CCC/C=C\C[C@@H]1[C@@H](CCCCCc2cccc(O)c2)[C@H](O)C[C@@H]1O. The number of likely N-dealkylation sites (N-methyl/N-ethyl adjacent to an activating group) is 1. The van der Waals surface area contributed by atoms with Crippen molar-refractivity contribution in [3.63, 3.8) is 0 Å². The molecule has 2 rings (SSSR count). The van der Waals surface area contributed by atoms with E-state index in [1.54, 1.807) is 6.07 Å². The first kappa shape index (κ1) is 29.3. The molecule has 1 aromatic carbocycles. The number of hydrogen-bond donors (Lipinski definition) is 3. The second-order valence-corrected chi connectivity index (χ2v) is 9.81. The Kier molecular flexibility index (Phi) is 14.0. The number of carbonyl (C=O) groups is 1. The van der Waals surface area contributed by atoms with Gasteiger partial charge in [-0.3, -0.25) is 4.79 Å². The molecule has 0 aliphatic heterocycles. The van der Waals surface area contributed by atoms with E-state index in [0.717, 1.165) is 76.6 Å². The van der Waals surface area contributed by atoms with Crippen molar-refractivity contribution in [2.75, 3.05) is 26.2 Å². The van der Waals surface area contributed by atoms with Gasteiger partial charge >= 0.3 is 5.97 Å². The molecule has 1 aliphatic rings. The van der Waals surface area contributed by atoms with Crippen LogP contribution in [0.5, 0.6) is 5.75 Å². The van der Waals surface area contributed by atoms with Crippen LogP contribution in [-0.2, 0) is 16.0 Å². The largest absolute Gasteiger partial charge is 0.508 e. The molecule has 0 spiro atoms. The number of aromatic hydroxyl groups is 1. The van der Waals surface area contributed by atoms with Gasteiger partial charge in [-0.25, -0.2) is 0 Å². The minimum atomic E-state index is -0.451. The number of aliphatic hydroxyl groups excluding tert-OH is 2. The van der Waals surface area contributed by atoms with E-state index in [1.165, 1.54) is 0 Å². The standard InChI is InChI=1S/C29H47NO5/c1-3-30(4-2)19-20-35-29(34)18-11-6-5-9-16-25-26(28(33)22-27(25)32)17-10-7-8-13-23-14-12-15-24(31)21-23/h5,9,12,14-15,21,25-28,31-33H,3-4,6-8,10-11,13,16-20,22H2,1-2H3/b9-5-/t25-,26-,27+,28-/m1/s1. The summed E-state index contributed by atoms with van der Waals surface area (Å²) in [6.07, 6.45) is 11.6. The van der Waals surface area contributed by atoms with E-state index in [9.17, 15) is 20.1 Å². The molecule has 0 unspecified atom stereocenters. The van der Waals surface area contributed by atoms with Crippen LogP contribution >= 0.6 is 0 Å². The van der Waals surface area contributed by atoms with Crippen LogP contribution in [-0.4, -0.2) is 64.6 Å². The summed E-state index contributed by atoms with van der Waals surface area (Å²) >= 11 is 0. The number of carbonyl (C=O) groups excluding carboxylic acids is 1. The van der Waals surface area contributed by atoms with Crippen LogP contribution in [0.1, 0.15) is 77.2 Å². The molecule has 0 amide bonds. The first-order chi connectivity index (χ1) is 16.9. The molecule has 4 atom stereocenters. The average molecular weight is 490 g/mol. The van der Waals surface area contributed by atoms with Gasteiger partial charge in [-0.15, -0.1) is 0 Å². The molecule has 0 heterocycles. The van der Waals surface area contributed by atoms with E-state index in [4.69, 9.17) is 4.74 Å². The number of aliphatic hydroxyl groups is 2. The zero-order valence-corrected chi connectivity index (χ0v) is 21.8. The van der Waals surface area contributed by atoms with E-state index >= 15 is 0 Å². The molecule has 198 valence electrons. The minimum Gasteiger partial charge on any atom is -0.508 e. The van der Waals surface area contributed by atoms with Crippen LogP contribution < -0.4 is 0 Å². The highest BCUT2D eigenvalue weighted by atomic mass is 16.5. The molecule has 1 aliphatic carbocycles. The lowest BCUT2D eigenvalue weighted by molar-refractivity contribution is -0.144. The molecule has 6 heteroatoms. The second kappa shape index (κ2) is 16.7. The molecule has 6 nitrogen and oxygen atoms in total. The molecule has 0 radical (unpaired) electrons. The Labute approximate surface area is 212 Å². The third-order valence-electron chi connectivity index (χ3n) is 7.33. The maximum Gasteiger partial charge on any atom is 0.305 e. The summed E-state index contributed by atoms with van der Waals surface area (Å²) in [5.41, 5.74) is 1.15. The molecule has 0 saturated heterocycles. The lowest BCUT2D eigenvalue weighted by Gasteiger charge is -2.22. The number of benzene rings is 1. The number of phenolic OH excluding ortho intramolecular Hbond substituents is 1. The summed E-state index contributed by atoms with van der Waals surface area (Å²) in [6.45, 7) is 7.38. The van der Waals surface area contributed by atoms with Crippen molar-refractivity contribution in [3.05, 3.63) is 42.0 Å². The van der Waals surface area contributed by atoms with Gasteiger partial charge in [0.15, 0.2) is 0 Å². The maximum absolute atomic E-state index is 11.9. The summed E-state index contributed by atoms with van der Waals surface area (Å²) in [5, 5.41) is 30.5. The molecular formula is C29H47NO5. The van der Waals surface area contributed by atoms with Gasteiger partial charge in [0.1, 0.15) is 12.4 Å². The van der Waals surface area contributed by atoms with Crippen LogP contribution in [0.4, 0.5) is 0 Å². The lowest BCUT2D eigenvalue weighted by Crippen LogP contribution is -2.27. The fourth-order valence-corrected chi connectivity index (χ4v) is 5.14. The summed E-state index contributed by atoms with van der Waals surface area (Å²) in [5.74, 6) is 0.407. The highest BCUT2D eigenvalue weighted by molar-refractivity contribution is 5.69. The average Bonchev–Trinajstić information content (AvgIpc) is 3.10. The van der Waals surface area contributed by atoms with Gasteiger partial charge in [-0.1, -0.05) is 51.0 Å². The lowest BCUT2D eigenvalue weighted by atomic mass is 9.86. The zero-order chi connectivity index (χ0) is 25.5. The Balaban J connectivity index is 1.61. The third kappa shape index (κ3) is 11.1. The third-order valence-corrected chi connectivity index (χ3v) is 7.33. The van der Waals surface area contributed by atoms with Crippen LogP contribution in [0.3, 0.4) is 0 Å². The predicted molar refractivity (Wildman–Crippen MR) is 140 cm³/mol. The van der Waals surface area contributed by atoms with Crippen LogP contribution in [0.25, 0.3) is 0 Å². The Bertz CT molecular complexity index is 748. The first-order valence-electron chi connectivity index (χ1n) is 13.6. The smallest absolute Gasteiger partial charge is 0.305 e. The van der Waals surface area contributed by atoms with Crippen molar-refractivity contribution in [1.29, 1.82) is 0 Å². The van der Waals surface area contributed by atoms with Gasteiger partial charge in [0.05, 0.1) is 12.2 Å². The van der Waals surface area contributed by atoms with Gasteiger partial charge < -0.3 is 25.0 Å². The number of nitrogens with zero attached hydrogens (tertiary/aromatic N) is 1. The van der Waals surface area contributed by atoms with Gasteiger partial charge in [0.25, 0.3) is 0 Å². The van der Waals surface area contributed by atoms with Gasteiger partial charge in [0, 0.05) is 13.0 Å². The molecule has 0 aromatic heterocycles. The Hall–Kier alpha value is -1.89. The zero-order valence-electron chi connectivity index (χ0n) is 21.8. The minimum absolute atomic E-state index is 0.0948. The number of hydrogen-bond acceptors (Lipinski definition) is 6. The number of ether oxygens (including phenoxy) is 1. The van der Waals surface area contributed by atoms with E-state index in [-0.39, 0.29) is 17.8 Å². The van der Waals surface area contributed by atoms with Crippen LogP contribution in [0.2, 0.25) is 0 Å². The van der Waals surface area contributed by atoms with Crippen molar-refractivity contribution in [1.82, 2.24) is 4.90 Å². The molecule has 35 heavy (non-hydrogen) atoms. The summed E-state index contributed by atoms with van der Waals surface area (Å²) < 4.78 is 5.31. The number of unbranched alkanes of at least 4 members (excludes halogenated alkanes) is 3. The Morgan fingerprint density at radius 1 is 1.06 bits per heavy atom. The predicted octanol–water partition coefficient (Wildman–Crippen LogP) is 4.85. The summed E-state index contributed by atoms with van der Waals surface area (Å²) in [7, 11) is 0. The maximum atomic E-state index is 11.9. The monoisotopic (exact) mass is 489 g/mol. The van der Waals surface area contributed by atoms with Crippen molar-refractivity contribution < 1.29 is 24.9 Å². The number of esters is 1. The fourth-order valence-electron chi connectivity index (χ4n) is 5.14. The molecule has 0 bridgehead atoms. The number of allylic oxidation sites excluding steroid dienone is 2. The molecule has 3 N–H and O–H groups in total. The highest BCUT2D eigenvalue weighted by Gasteiger charge is 2.40. The van der Waals surface area contributed by atoms with Gasteiger partial charge in [-0.2, -0.15) is 0 Å². The van der Waals surface area contributed by atoms with Crippen molar-refractivity contribution in [2.45, 2.75) is 90.3 Å². The number of rotatable bonds is 17. The van der Waals surface area contributed by atoms with Crippen molar-refractivity contribution in [3.8, 4) is 5.75 Å². The number of phenols is 1. The highest BCUT2D eigenvalue weighted by Crippen LogP contribution is 2.38. The summed E-state index contributed by atoms with van der Waals surface area (Å²) in [6, 6.07) is 7.42. The van der Waals surface area contributed by atoms with Gasteiger partial charge in [0.2, 0.25) is 0 Å². The molecule has 1 saturated carbocycles. The van der Waals surface area contributed by atoms with Crippen molar-refractivity contribution in [2.24, 2.45) is 11.8 Å². The van der Waals surface area contributed by atoms with E-state index in [0.29, 0.717) is 25.2 Å². The van der Waals surface area contributed by atoms with E-state index in [2.05, 4.69) is 30.9 Å². The van der Waals surface area contributed by atoms with Crippen molar-refractivity contribution >= 4 is 5.97 Å². The van der Waals surface area contributed by atoms with Crippen LogP contribution in [0.15, 0.2) is 36.4 Å². The summed E-state index contributed by atoms with van der Waals surface area (Å²) in [4.78, 5) is 14.1. The van der Waals surface area contributed by atoms with E-state index in [1.807, 2.05) is 18.2 Å². The Morgan fingerprint density at radius 2 is 1.83 bits per heavy atom. The molecular weight excluding hydrogens is 442 g/mol. The van der Waals surface area contributed by atoms with E-state index < -0.39 is 12.2 Å². The first-order valence-corrected chi connectivity index (χ1v) is 13.6. The quantitative estimate of drug-likeness (QED) is 0.165. The molecule has 1 aromatic rings. The second-order valence-electron chi connectivity index (χ2n) is 9.81. The topological polar surface area (TPSA) is 90.2 Å². The fraction of sp³-hybridized carbons (Fsp3) is 0.690. The molecule has 1 fully saturated rings. The van der Waals surface area contributed by atoms with Crippen LogP contribution in [0, 0.1) is 11.8 Å². The van der Waals surface area contributed by atoms with Gasteiger partial charge in [-0.05, 0) is 87.6 Å².